The summed E-state index contributed by atoms with van der Waals surface area (Å²) < 4.78 is 1.22. The summed E-state index contributed by atoms with van der Waals surface area (Å²) in [6.45, 7) is 6.67. The molecule has 1 heterocycles. The molecule has 0 radical (unpaired) electrons. The maximum Gasteiger partial charge on any atom is 0.320 e. The molecule has 0 fully saturated rings. The Morgan fingerprint density at radius 2 is 2.14 bits per heavy atom. The van der Waals surface area contributed by atoms with Gasteiger partial charge in [-0.3, -0.25) is 19.6 Å². The van der Waals surface area contributed by atoms with Crippen LogP contribution in [0.15, 0.2) is 6.20 Å². The molecular weight excluding hydrogens is 276 g/mol. The maximum atomic E-state index is 12.6. The minimum Gasteiger partial charge on any atom is -0.396 e. The van der Waals surface area contributed by atoms with Gasteiger partial charge < -0.3 is 10.0 Å². The Kier molecular flexibility index (Phi) is 5.42. The molecule has 0 aliphatic heterocycles. The van der Waals surface area contributed by atoms with Crippen molar-refractivity contribution in [2.75, 3.05) is 19.7 Å². The lowest BCUT2D eigenvalue weighted by Gasteiger charge is -2.29. The highest BCUT2D eigenvalue weighted by molar-refractivity contribution is 5.96. The van der Waals surface area contributed by atoms with E-state index in [2.05, 4.69) is 5.10 Å². The van der Waals surface area contributed by atoms with Crippen LogP contribution in [-0.4, -0.2) is 50.3 Å². The minimum absolute atomic E-state index is 0.0396. The molecule has 1 amide bonds. The van der Waals surface area contributed by atoms with E-state index in [-0.39, 0.29) is 23.4 Å². The van der Waals surface area contributed by atoms with Crippen LogP contribution < -0.4 is 0 Å². The van der Waals surface area contributed by atoms with Crippen molar-refractivity contribution >= 4 is 11.6 Å². The monoisotopic (exact) mass is 298 g/mol. The van der Waals surface area contributed by atoms with E-state index in [0.29, 0.717) is 19.5 Å². The SMILES string of the molecule is Cn1ncc([N+](=O)[O-])c1C(=O)N(CCCO)CC(C)(C)C. The molecule has 0 aliphatic rings. The summed E-state index contributed by atoms with van der Waals surface area (Å²) in [4.78, 5) is 24.5. The van der Waals surface area contributed by atoms with Crippen LogP contribution in [0.25, 0.3) is 0 Å². The fourth-order valence-electron chi connectivity index (χ4n) is 2.04. The van der Waals surface area contributed by atoms with Gasteiger partial charge in [-0.15, -0.1) is 0 Å². The Morgan fingerprint density at radius 1 is 1.52 bits per heavy atom. The average molecular weight is 298 g/mol. The normalized spacial score (nSPS) is 11.5. The first-order valence-electron chi connectivity index (χ1n) is 6.74. The van der Waals surface area contributed by atoms with Gasteiger partial charge in [0.1, 0.15) is 6.20 Å². The van der Waals surface area contributed by atoms with Crippen LogP contribution in [0.2, 0.25) is 0 Å². The second kappa shape index (κ2) is 6.66. The third kappa shape index (κ3) is 4.52. The molecule has 0 saturated heterocycles. The van der Waals surface area contributed by atoms with Crippen LogP contribution in [0.4, 0.5) is 5.69 Å². The van der Waals surface area contributed by atoms with Gasteiger partial charge in [-0.2, -0.15) is 5.10 Å². The zero-order chi connectivity index (χ0) is 16.2. The van der Waals surface area contributed by atoms with E-state index < -0.39 is 10.8 Å². The Morgan fingerprint density at radius 3 is 2.62 bits per heavy atom. The Balaban J connectivity index is 3.10. The van der Waals surface area contributed by atoms with E-state index in [9.17, 15) is 14.9 Å². The first-order valence-corrected chi connectivity index (χ1v) is 6.74. The Bertz CT molecular complexity index is 519. The second-order valence-electron chi connectivity index (χ2n) is 6.12. The predicted molar refractivity (Wildman–Crippen MR) is 76.9 cm³/mol. The number of aliphatic hydroxyl groups is 1. The number of amides is 1. The van der Waals surface area contributed by atoms with Gasteiger partial charge in [0.15, 0.2) is 0 Å². The van der Waals surface area contributed by atoms with Crippen molar-refractivity contribution in [1.82, 2.24) is 14.7 Å². The number of aromatic nitrogens is 2. The van der Waals surface area contributed by atoms with Crippen LogP contribution in [0, 0.1) is 15.5 Å². The van der Waals surface area contributed by atoms with Gasteiger partial charge in [-0.1, -0.05) is 20.8 Å². The smallest absolute Gasteiger partial charge is 0.320 e. The fraction of sp³-hybridized carbons (Fsp3) is 0.692. The molecule has 0 unspecified atom stereocenters. The van der Waals surface area contributed by atoms with Crippen molar-refractivity contribution in [3.8, 4) is 0 Å². The maximum absolute atomic E-state index is 12.6. The fourth-order valence-corrected chi connectivity index (χ4v) is 2.04. The van der Waals surface area contributed by atoms with Gasteiger partial charge in [-0.25, -0.2) is 0 Å². The van der Waals surface area contributed by atoms with E-state index in [4.69, 9.17) is 5.11 Å². The number of aliphatic hydroxyl groups excluding tert-OH is 1. The lowest BCUT2D eigenvalue weighted by atomic mass is 9.95. The summed E-state index contributed by atoms with van der Waals surface area (Å²) in [5.74, 6) is -0.440. The molecule has 0 saturated carbocycles. The molecule has 1 aromatic rings. The number of carbonyl (C=O) groups is 1. The van der Waals surface area contributed by atoms with Crippen molar-refractivity contribution < 1.29 is 14.8 Å². The molecule has 0 bridgehead atoms. The summed E-state index contributed by atoms with van der Waals surface area (Å²) in [5, 5.41) is 23.8. The van der Waals surface area contributed by atoms with Crippen LogP contribution in [-0.2, 0) is 7.05 Å². The summed E-state index contributed by atoms with van der Waals surface area (Å²) >= 11 is 0. The van der Waals surface area contributed by atoms with Crippen molar-refractivity contribution in [2.45, 2.75) is 27.2 Å². The van der Waals surface area contributed by atoms with Crippen LogP contribution in [0.1, 0.15) is 37.7 Å². The van der Waals surface area contributed by atoms with Crippen LogP contribution >= 0.6 is 0 Å². The number of aryl methyl sites for hydroxylation is 1. The molecule has 0 atom stereocenters. The van der Waals surface area contributed by atoms with Crippen molar-refractivity contribution in [3.63, 3.8) is 0 Å². The Labute approximate surface area is 123 Å². The second-order valence-corrected chi connectivity index (χ2v) is 6.12. The molecule has 8 heteroatoms. The zero-order valence-electron chi connectivity index (χ0n) is 12.9. The predicted octanol–water partition coefficient (Wildman–Crippen LogP) is 1.20. The van der Waals surface area contributed by atoms with Gasteiger partial charge in [0, 0.05) is 26.7 Å². The molecule has 0 aliphatic carbocycles. The Hall–Kier alpha value is -1.96. The third-order valence-electron chi connectivity index (χ3n) is 2.86. The molecule has 1 rings (SSSR count). The van der Waals surface area contributed by atoms with E-state index in [1.54, 1.807) is 0 Å². The van der Waals surface area contributed by atoms with Gasteiger partial charge >= 0.3 is 5.69 Å². The van der Waals surface area contributed by atoms with E-state index in [1.807, 2.05) is 20.8 Å². The molecule has 21 heavy (non-hydrogen) atoms. The highest BCUT2D eigenvalue weighted by Crippen LogP contribution is 2.22. The quantitative estimate of drug-likeness (QED) is 0.628. The highest BCUT2D eigenvalue weighted by atomic mass is 16.6. The van der Waals surface area contributed by atoms with E-state index in [1.165, 1.54) is 16.6 Å². The first kappa shape index (κ1) is 17.1. The van der Waals surface area contributed by atoms with Gasteiger partial charge in [0.2, 0.25) is 5.69 Å². The number of hydrogen-bond acceptors (Lipinski definition) is 5. The average Bonchev–Trinajstić information content (AvgIpc) is 2.74. The highest BCUT2D eigenvalue weighted by Gasteiger charge is 2.30. The van der Waals surface area contributed by atoms with Crippen molar-refractivity contribution in [3.05, 3.63) is 22.0 Å². The number of nitrogens with zero attached hydrogens (tertiary/aromatic N) is 4. The van der Waals surface area contributed by atoms with E-state index in [0.717, 1.165) is 6.20 Å². The molecular formula is C13H22N4O4. The largest absolute Gasteiger partial charge is 0.396 e. The van der Waals surface area contributed by atoms with Crippen LogP contribution in [0.5, 0.6) is 0 Å². The zero-order valence-corrected chi connectivity index (χ0v) is 12.9. The first-order chi connectivity index (χ1) is 9.67. The lowest BCUT2D eigenvalue weighted by molar-refractivity contribution is -0.385. The molecule has 1 N–H and O–H groups in total. The number of hydrogen-bond donors (Lipinski definition) is 1. The summed E-state index contributed by atoms with van der Waals surface area (Å²) in [7, 11) is 1.50. The lowest BCUT2D eigenvalue weighted by Crippen LogP contribution is -2.39. The molecule has 8 nitrogen and oxygen atoms in total. The summed E-state index contributed by atoms with van der Waals surface area (Å²) in [6, 6.07) is 0. The molecule has 118 valence electrons. The standard InChI is InChI=1S/C13H22N4O4/c1-13(2,3)9-16(6-5-7-18)12(19)11-10(17(20)21)8-14-15(11)4/h8,18H,5-7,9H2,1-4H3. The van der Waals surface area contributed by atoms with Gasteiger partial charge in [0.05, 0.1) is 4.92 Å². The van der Waals surface area contributed by atoms with Gasteiger partial charge in [0.25, 0.3) is 5.91 Å². The number of nitro groups is 1. The van der Waals surface area contributed by atoms with Crippen LogP contribution in [0.3, 0.4) is 0 Å². The number of rotatable bonds is 6. The third-order valence-corrected chi connectivity index (χ3v) is 2.86. The number of carbonyl (C=O) groups excluding carboxylic acids is 1. The molecule has 0 aromatic carbocycles. The summed E-state index contributed by atoms with van der Waals surface area (Å²) in [6.07, 6.45) is 1.50. The van der Waals surface area contributed by atoms with Gasteiger partial charge in [-0.05, 0) is 11.8 Å². The van der Waals surface area contributed by atoms with Crippen molar-refractivity contribution in [1.29, 1.82) is 0 Å². The van der Waals surface area contributed by atoms with Crippen molar-refractivity contribution in [2.24, 2.45) is 12.5 Å². The topological polar surface area (TPSA) is 102 Å². The minimum atomic E-state index is -0.610. The molecule has 1 aromatic heterocycles. The molecule has 0 spiro atoms. The van der Waals surface area contributed by atoms with E-state index >= 15 is 0 Å². The summed E-state index contributed by atoms with van der Waals surface area (Å²) in [5.41, 5.74) is -0.494.